The Kier molecular flexibility index (Phi) is 3.11. The molecular formula is C13H12ClNO. The van der Waals surface area contributed by atoms with Crippen molar-refractivity contribution < 1.29 is 4.74 Å². The monoisotopic (exact) mass is 233 g/mol. The molecule has 82 valence electrons. The summed E-state index contributed by atoms with van der Waals surface area (Å²) in [4.78, 5) is 4.12. The number of rotatable bonds is 2. The first kappa shape index (κ1) is 11.0. The molecule has 1 heterocycles. The van der Waals surface area contributed by atoms with Crippen molar-refractivity contribution in [2.24, 2.45) is 0 Å². The summed E-state index contributed by atoms with van der Waals surface area (Å²) in [5, 5.41) is 0.614. The fraction of sp³-hybridized carbons (Fsp3) is 0.154. The van der Waals surface area contributed by atoms with Gasteiger partial charge in [-0.15, -0.1) is 0 Å². The largest absolute Gasteiger partial charge is 0.495 e. The molecule has 3 heteroatoms. The summed E-state index contributed by atoms with van der Waals surface area (Å²) in [6.45, 7) is 2.05. The average molecular weight is 234 g/mol. The van der Waals surface area contributed by atoms with E-state index in [-0.39, 0.29) is 0 Å². The summed E-state index contributed by atoms with van der Waals surface area (Å²) in [6.07, 6.45) is 3.62. The molecule has 1 aromatic carbocycles. The number of aromatic nitrogens is 1. The zero-order valence-corrected chi connectivity index (χ0v) is 9.95. The van der Waals surface area contributed by atoms with E-state index in [1.165, 1.54) is 5.56 Å². The molecule has 0 radical (unpaired) electrons. The van der Waals surface area contributed by atoms with E-state index in [0.29, 0.717) is 10.8 Å². The molecule has 2 nitrogen and oxygen atoms in total. The van der Waals surface area contributed by atoms with Crippen LogP contribution in [0.1, 0.15) is 5.56 Å². The number of hydrogen-bond acceptors (Lipinski definition) is 2. The van der Waals surface area contributed by atoms with Crippen LogP contribution < -0.4 is 4.74 Å². The van der Waals surface area contributed by atoms with Crippen LogP contribution in [0.3, 0.4) is 0 Å². The summed E-state index contributed by atoms with van der Waals surface area (Å²) < 4.78 is 5.12. The maximum Gasteiger partial charge on any atom is 0.137 e. The van der Waals surface area contributed by atoms with Crippen LogP contribution in [-0.2, 0) is 0 Å². The van der Waals surface area contributed by atoms with Gasteiger partial charge in [0.05, 0.1) is 12.1 Å². The van der Waals surface area contributed by atoms with E-state index in [0.717, 1.165) is 11.1 Å². The molecule has 0 spiro atoms. The Morgan fingerprint density at radius 3 is 2.69 bits per heavy atom. The SMILES string of the molecule is COc1ccc(-c2cnccc2C)cc1Cl. The summed E-state index contributed by atoms with van der Waals surface area (Å²) in [5.41, 5.74) is 3.32. The molecule has 0 bridgehead atoms. The van der Waals surface area contributed by atoms with Crippen molar-refractivity contribution in [1.82, 2.24) is 4.98 Å². The van der Waals surface area contributed by atoms with E-state index in [4.69, 9.17) is 16.3 Å². The molecule has 0 aliphatic carbocycles. The first-order chi connectivity index (χ1) is 7.72. The van der Waals surface area contributed by atoms with Gasteiger partial charge in [0.2, 0.25) is 0 Å². The summed E-state index contributed by atoms with van der Waals surface area (Å²) in [5.74, 6) is 0.687. The fourth-order valence-corrected chi connectivity index (χ4v) is 1.86. The number of nitrogens with zero attached hydrogens (tertiary/aromatic N) is 1. The Bertz CT molecular complexity index is 511. The maximum absolute atomic E-state index is 6.09. The van der Waals surface area contributed by atoms with E-state index in [1.807, 2.05) is 30.5 Å². The van der Waals surface area contributed by atoms with Gasteiger partial charge in [0.25, 0.3) is 0 Å². The van der Waals surface area contributed by atoms with Gasteiger partial charge < -0.3 is 4.74 Å². The minimum atomic E-state index is 0.614. The van der Waals surface area contributed by atoms with Crippen molar-refractivity contribution in [2.75, 3.05) is 7.11 Å². The van der Waals surface area contributed by atoms with Crippen LogP contribution in [-0.4, -0.2) is 12.1 Å². The lowest BCUT2D eigenvalue weighted by atomic mass is 10.0. The van der Waals surface area contributed by atoms with Gasteiger partial charge in [-0.25, -0.2) is 0 Å². The minimum Gasteiger partial charge on any atom is -0.495 e. The number of methoxy groups -OCH3 is 1. The van der Waals surface area contributed by atoms with Gasteiger partial charge in [-0.3, -0.25) is 4.98 Å². The highest BCUT2D eigenvalue weighted by atomic mass is 35.5. The summed E-state index contributed by atoms with van der Waals surface area (Å²) in [7, 11) is 1.61. The Morgan fingerprint density at radius 1 is 1.25 bits per heavy atom. The van der Waals surface area contributed by atoms with Crippen LogP contribution in [0, 0.1) is 6.92 Å². The summed E-state index contributed by atoms with van der Waals surface area (Å²) >= 11 is 6.09. The third-order valence-electron chi connectivity index (χ3n) is 2.50. The van der Waals surface area contributed by atoms with Crippen LogP contribution in [0.15, 0.2) is 36.7 Å². The van der Waals surface area contributed by atoms with E-state index in [1.54, 1.807) is 13.3 Å². The first-order valence-corrected chi connectivity index (χ1v) is 5.34. The second kappa shape index (κ2) is 4.54. The Balaban J connectivity index is 2.50. The van der Waals surface area contributed by atoms with Crippen molar-refractivity contribution in [3.05, 3.63) is 47.2 Å². The number of halogens is 1. The third-order valence-corrected chi connectivity index (χ3v) is 2.80. The standard InChI is InChI=1S/C13H12ClNO/c1-9-5-6-15-8-11(9)10-3-4-13(16-2)12(14)7-10/h3-8H,1-2H3. The minimum absolute atomic E-state index is 0.614. The van der Waals surface area contributed by atoms with Crippen molar-refractivity contribution >= 4 is 11.6 Å². The van der Waals surface area contributed by atoms with Gasteiger partial charge in [-0.1, -0.05) is 17.7 Å². The van der Waals surface area contributed by atoms with E-state index < -0.39 is 0 Å². The normalized spacial score (nSPS) is 10.2. The molecular weight excluding hydrogens is 222 g/mol. The van der Waals surface area contributed by atoms with E-state index in [2.05, 4.69) is 11.9 Å². The topological polar surface area (TPSA) is 22.1 Å². The van der Waals surface area contributed by atoms with Crippen molar-refractivity contribution in [3.8, 4) is 16.9 Å². The Hall–Kier alpha value is -1.54. The number of hydrogen-bond donors (Lipinski definition) is 0. The molecule has 0 aliphatic rings. The first-order valence-electron chi connectivity index (χ1n) is 4.97. The quantitative estimate of drug-likeness (QED) is 0.789. The maximum atomic E-state index is 6.09. The predicted molar refractivity (Wildman–Crippen MR) is 66.0 cm³/mol. The van der Waals surface area contributed by atoms with Crippen molar-refractivity contribution in [1.29, 1.82) is 0 Å². The highest BCUT2D eigenvalue weighted by molar-refractivity contribution is 6.32. The second-order valence-corrected chi connectivity index (χ2v) is 3.95. The molecule has 1 aromatic heterocycles. The smallest absolute Gasteiger partial charge is 0.137 e. The molecule has 0 saturated heterocycles. The van der Waals surface area contributed by atoms with Gasteiger partial charge in [0.1, 0.15) is 5.75 Å². The zero-order valence-electron chi connectivity index (χ0n) is 9.20. The Labute approximate surface area is 99.9 Å². The lowest BCUT2D eigenvalue weighted by molar-refractivity contribution is 0.415. The number of aryl methyl sites for hydroxylation is 1. The molecule has 0 N–H and O–H groups in total. The molecule has 2 rings (SSSR count). The lowest BCUT2D eigenvalue weighted by Crippen LogP contribution is -1.87. The highest BCUT2D eigenvalue weighted by Crippen LogP contribution is 2.30. The van der Waals surface area contributed by atoms with Gasteiger partial charge in [0.15, 0.2) is 0 Å². The predicted octanol–water partition coefficient (Wildman–Crippen LogP) is 3.72. The van der Waals surface area contributed by atoms with Gasteiger partial charge >= 0.3 is 0 Å². The van der Waals surface area contributed by atoms with Crippen molar-refractivity contribution in [2.45, 2.75) is 6.92 Å². The van der Waals surface area contributed by atoms with Crippen LogP contribution in [0.5, 0.6) is 5.75 Å². The van der Waals surface area contributed by atoms with Crippen LogP contribution in [0.25, 0.3) is 11.1 Å². The lowest BCUT2D eigenvalue weighted by Gasteiger charge is -2.08. The van der Waals surface area contributed by atoms with Crippen LogP contribution >= 0.6 is 11.6 Å². The molecule has 0 unspecified atom stereocenters. The van der Waals surface area contributed by atoms with Gasteiger partial charge in [-0.2, -0.15) is 0 Å². The molecule has 0 saturated carbocycles. The average Bonchev–Trinajstić information content (AvgIpc) is 2.29. The highest BCUT2D eigenvalue weighted by Gasteiger charge is 2.05. The van der Waals surface area contributed by atoms with E-state index in [9.17, 15) is 0 Å². The molecule has 0 fully saturated rings. The van der Waals surface area contributed by atoms with Crippen LogP contribution in [0.2, 0.25) is 5.02 Å². The third kappa shape index (κ3) is 2.02. The molecule has 0 amide bonds. The second-order valence-electron chi connectivity index (χ2n) is 3.54. The molecule has 0 aliphatic heterocycles. The fourth-order valence-electron chi connectivity index (χ4n) is 1.60. The molecule has 16 heavy (non-hydrogen) atoms. The van der Waals surface area contributed by atoms with Gasteiger partial charge in [0, 0.05) is 18.0 Å². The van der Waals surface area contributed by atoms with Crippen LogP contribution in [0.4, 0.5) is 0 Å². The van der Waals surface area contributed by atoms with Gasteiger partial charge in [-0.05, 0) is 36.2 Å². The zero-order chi connectivity index (χ0) is 11.5. The van der Waals surface area contributed by atoms with E-state index >= 15 is 0 Å². The Morgan fingerprint density at radius 2 is 2.06 bits per heavy atom. The molecule has 2 aromatic rings. The molecule has 0 atom stereocenters. The number of ether oxygens (including phenoxy) is 1. The van der Waals surface area contributed by atoms with Crippen molar-refractivity contribution in [3.63, 3.8) is 0 Å². The summed E-state index contributed by atoms with van der Waals surface area (Å²) in [6, 6.07) is 7.72. The number of pyridine rings is 1. The number of benzene rings is 1.